The molecule has 0 bridgehead atoms. The topological polar surface area (TPSA) is 43.6 Å². The zero-order chi connectivity index (χ0) is 10.8. The number of imidazole rings is 1. The van der Waals surface area contributed by atoms with Gasteiger partial charge in [-0.05, 0) is 5.56 Å². The van der Waals surface area contributed by atoms with Crippen molar-refractivity contribution >= 4 is 0 Å². The van der Waals surface area contributed by atoms with E-state index in [0.29, 0.717) is 5.82 Å². The van der Waals surface area contributed by atoms with Gasteiger partial charge in [0.1, 0.15) is 12.0 Å². The molecule has 78 valence electrons. The van der Waals surface area contributed by atoms with Gasteiger partial charge in [0, 0.05) is 12.7 Å². The summed E-state index contributed by atoms with van der Waals surface area (Å²) in [6.45, 7) is 0.802. The summed E-state index contributed by atoms with van der Waals surface area (Å²) in [5, 5.41) is 0. The molecule has 0 fully saturated rings. The molecule has 4 heteroatoms. The maximum atomic E-state index is 4.23. The second-order valence-electron chi connectivity index (χ2n) is 3.61. The van der Waals surface area contributed by atoms with Crippen molar-refractivity contribution in [2.75, 3.05) is 0 Å². The van der Waals surface area contributed by atoms with Crippen molar-refractivity contribution in [3.63, 3.8) is 0 Å². The van der Waals surface area contributed by atoms with Gasteiger partial charge in [-0.15, -0.1) is 0 Å². The molecule has 0 N–H and O–H groups in total. The molecule has 0 aliphatic carbocycles. The first-order chi connectivity index (χ1) is 7.92. The number of rotatable bonds is 2. The Labute approximate surface area is 93.0 Å². The summed E-state index contributed by atoms with van der Waals surface area (Å²) in [7, 11) is 0. The minimum atomic E-state index is 0.698. The van der Waals surface area contributed by atoms with E-state index in [1.165, 1.54) is 11.9 Å². The van der Waals surface area contributed by atoms with Gasteiger partial charge in [0.25, 0.3) is 0 Å². The van der Waals surface area contributed by atoms with E-state index in [1.54, 1.807) is 6.33 Å². The summed E-state index contributed by atoms with van der Waals surface area (Å²) in [6, 6.07) is 10.3. The number of fused-ring (bicyclic) bond motifs is 1. The molecule has 0 aromatic heterocycles. The Morgan fingerprint density at radius 2 is 1.88 bits per heavy atom. The normalized spacial score (nSPS) is 10.8. The lowest BCUT2D eigenvalue weighted by atomic mass is 10.2. The molecule has 1 aromatic carbocycles. The van der Waals surface area contributed by atoms with Gasteiger partial charge in [0.2, 0.25) is 0 Å². The van der Waals surface area contributed by atoms with Crippen LogP contribution in [0.15, 0.2) is 49.2 Å². The van der Waals surface area contributed by atoms with Crippen molar-refractivity contribution in [3.05, 3.63) is 54.7 Å². The predicted molar refractivity (Wildman–Crippen MR) is 60.0 cm³/mol. The van der Waals surface area contributed by atoms with E-state index in [4.69, 9.17) is 0 Å². The fourth-order valence-corrected chi connectivity index (χ4v) is 1.66. The third kappa shape index (κ3) is 1.65. The molecule has 2 aliphatic heterocycles. The van der Waals surface area contributed by atoms with Crippen LogP contribution in [0.4, 0.5) is 0 Å². The largest absolute Gasteiger partial charge is 0.332 e. The van der Waals surface area contributed by atoms with Crippen LogP contribution >= 0.6 is 0 Å². The zero-order valence-corrected chi connectivity index (χ0v) is 8.61. The SMILES string of the molecule is c1ccc(Cn2cnc3ncnc-3c2)cc1. The lowest BCUT2D eigenvalue weighted by Gasteiger charge is -2.06. The van der Waals surface area contributed by atoms with E-state index in [9.17, 15) is 0 Å². The standard InChI is InChI=1S/C12H10N4/c1-2-4-10(5-3-1)6-16-7-11-12(15-9-16)14-8-13-11/h1-5,7-9H,6H2. The first-order valence-electron chi connectivity index (χ1n) is 5.08. The minimum Gasteiger partial charge on any atom is -0.332 e. The molecule has 0 saturated heterocycles. The Kier molecular flexibility index (Phi) is 2.11. The Morgan fingerprint density at radius 1 is 1.00 bits per heavy atom. The highest BCUT2D eigenvalue weighted by molar-refractivity contribution is 5.47. The average Bonchev–Trinajstić information content (AvgIpc) is 2.77. The summed E-state index contributed by atoms with van der Waals surface area (Å²) in [6.07, 6.45) is 5.27. The number of nitrogens with zero attached hydrogens (tertiary/aromatic N) is 4. The Bertz CT molecular complexity index is 558. The van der Waals surface area contributed by atoms with E-state index in [1.807, 2.05) is 29.0 Å². The molecule has 0 saturated carbocycles. The Hall–Kier alpha value is -2.23. The smallest absolute Gasteiger partial charge is 0.182 e. The molecule has 3 rings (SSSR count). The van der Waals surface area contributed by atoms with Crippen LogP contribution in [0.5, 0.6) is 0 Å². The molecule has 2 aliphatic rings. The Balaban J connectivity index is 1.93. The third-order valence-electron chi connectivity index (χ3n) is 2.43. The summed E-state index contributed by atoms with van der Waals surface area (Å²) in [4.78, 5) is 12.4. The quantitative estimate of drug-likeness (QED) is 0.648. The predicted octanol–water partition coefficient (Wildman–Crippen LogP) is 1.83. The van der Waals surface area contributed by atoms with Gasteiger partial charge < -0.3 is 4.57 Å². The summed E-state index contributed by atoms with van der Waals surface area (Å²) in [5.41, 5.74) is 2.08. The molecule has 0 amide bonds. The molecule has 4 nitrogen and oxygen atoms in total. The van der Waals surface area contributed by atoms with Crippen molar-refractivity contribution in [3.8, 4) is 11.5 Å². The number of hydrogen-bond donors (Lipinski definition) is 0. The van der Waals surface area contributed by atoms with Gasteiger partial charge in [-0.25, -0.2) is 15.0 Å². The molecular formula is C12H10N4. The molecule has 0 unspecified atom stereocenters. The summed E-state index contributed by atoms with van der Waals surface area (Å²) < 4.78 is 2.01. The molecule has 2 heterocycles. The first kappa shape index (κ1) is 9.03. The van der Waals surface area contributed by atoms with Gasteiger partial charge >= 0.3 is 0 Å². The lowest BCUT2D eigenvalue weighted by molar-refractivity contribution is 0.764. The van der Waals surface area contributed by atoms with Gasteiger partial charge in [0.15, 0.2) is 5.82 Å². The van der Waals surface area contributed by atoms with Crippen molar-refractivity contribution in [2.24, 2.45) is 0 Å². The third-order valence-corrected chi connectivity index (χ3v) is 2.43. The van der Waals surface area contributed by atoms with E-state index in [0.717, 1.165) is 12.2 Å². The van der Waals surface area contributed by atoms with Gasteiger partial charge in [-0.3, -0.25) is 0 Å². The zero-order valence-electron chi connectivity index (χ0n) is 8.61. The summed E-state index contributed by atoms with van der Waals surface area (Å²) in [5.74, 6) is 0.698. The van der Waals surface area contributed by atoms with Gasteiger partial charge in [0.05, 0.1) is 6.33 Å². The molecule has 0 radical (unpaired) electrons. The van der Waals surface area contributed by atoms with Crippen LogP contribution in [0.2, 0.25) is 0 Å². The van der Waals surface area contributed by atoms with Crippen LogP contribution < -0.4 is 0 Å². The molecule has 0 spiro atoms. The number of hydrogen-bond acceptors (Lipinski definition) is 3. The fourth-order valence-electron chi connectivity index (χ4n) is 1.66. The molecule has 0 atom stereocenters. The highest BCUT2D eigenvalue weighted by Crippen LogP contribution is 2.12. The van der Waals surface area contributed by atoms with Gasteiger partial charge in [-0.1, -0.05) is 30.3 Å². The van der Waals surface area contributed by atoms with Crippen molar-refractivity contribution in [1.82, 2.24) is 19.5 Å². The van der Waals surface area contributed by atoms with Crippen molar-refractivity contribution in [1.29, 1.82) is 0 Å². The second kappa shape index (κ2) is 3.73. The first-order valence-corrected chi connectivity index (χ1v) is 5.08. The van der Waals surface area contributed by atoms with Gasteiger partial charge in [-0.2, -0.15) is 0 Å². The van der Waals surface area contributed by atoms with E-state index in [2.05, 4.69) is 27.1 Å². The van der Waals surface area contributed by atoms with E-state index < -0.39 is 0 Å². The monoisotopic (exact) mass is 210 g/mol. The number of aromatic nitrogens is 4. The molecule has 16 heavy (non-hydrogen) atoms. The summed E-state index contributed by atoms with van der Waals surface area (Å²) >= 11 is 0. The van der Waals surface area contributed by atoms with Crippen LogP contribution in [-0.4, -0.2) is 19.5 Å². The highest BCUT2D eigenvalue weighted by atomic mass is 15.1. The van der Waals surface area contributed by atoms with Crippen LogP contribution in [0.25, 0.3) is 11.5 Å². The maximum absolute atomic E-state index is 4.23. The van der Waals surface area contributed by atoms with E-state index in [-0.39, 0.29) is 0 Å². The number of benzene rings is 1. The van der Waals surface area contributed by atoms with Crippen LogP contribution in [-0.2, 0) is 6.54 Å². The van der Waals surface area contributed by atoms with E-state index >= 15 is 0 Å². The Morgan fingerprint density at radius 3 is 2.75 bits per heavy atom. The van der Waals surface area contributed by atoms with Crippen molar-refractivity contribution < 1.29 is 0 Å². The highest BCUT2D eigenvalue weighted by Gasteiger charge is 2.06. The lowest BCUT2D eigenvalue weighted by Crippen LogP contribution is -2.02. The van der Waals surface area contributed by atoms with Crippen molar-refractivity contribution in [2.45, 2.75) is 6.54 Å². The van der Waals surface area contributed by atoms with Crippen LogP contribution in [0.1, 0.15) is 5.56 Å². The van der Waals surface area contributed by atoms with Crippen LogP contribution in [0.3, 0.4) is 0 Å². The molecule has 1 aromatic rings. The minimum absolute atomic E-state index is 0.698. The average molecular weight is 210 g/mol. The fraction of sp³-hybridized carbons (Fsp3) is 0.0833. The molecular weight excluding hydrogens is 200 g/mol. The maximum Gasteiger partial charge on any atom is 0.182 e. The second-order valence-corrected chi connectivity index (χ2v) is 3.61. The van der Waals surface area contributed by atoms with Crippen LogP contribution in [0, 0.1) is 0 Å².